The molecule has 0 bridgehead atoms. The maximum absolute atomic E-state index is 13.6. The van der Waals surface area contributed by atoms with E-state index in [1.807, 2.05) is 0 Å². The van der Waals surface area contributed by atoms with Crippen molar-refractivity contribution in [3.63, 3.8) is 0 Å². The summed E-state index contributed by atoms with van der Waals surface area (Å²) in [6.07, 6.45) is 0. The number of benzene rings is 1. The van der Waals surface area contributed by atoms with E-state index >= 15 is 0 Å². The minimum absolute atomic E-state index is 0.128. The van der Waals surface area contributed by atoms with Crippen LogP contribution in [-0.2, 0) is 22.7 Å². The monoisotopic (exact) mass is 385 g/mol. The number of nitrogens with zero attached hydrogens (tertiary/aromatic N) is 3. The molecule has 0 N–H and O–H groups in total. The van der Waals surface area contributed by atoms with Crippen molar-refractivity contribution in [2.45, 2.75) is 27.0 Å². The van der Waals surface area contributed by atoms with Gasteiger partial charge >= 0.3 is 11.7 Å². The van der Waals surface area contributed by atoms with Gasteiger partial charge in [-0.05, 0) is 26.0 Å². The van der Waals surface area contributed by atoms with Gasteiger partial charge in [0.15, 0.2) is 0 Å². The van der Waals surface area contributed by atoms with E-state index in [1.54, 1.807) is 6.07 Å². The van der Waals surface area contributed by atoms with E-state index in [-0.39, 0.29) is 35.8 Å². The number of esters is 1. The van der Waals surface area contributed by atoms with Crippen LogP contribution in [0.3, 0.4) is 0 Å². The molecule has 2 rings (SSSR count). The van der Waals surface area contributed by atoms with Gasteiger partial charge in [-0.2, -0.15) is 5.10 Å². The number of hydrogen-bond donors (Lipinski definition) is 0. The van der Waals surface area contributed by atoms with Gasteiger partial charge in [-0.15, -0.1) is 0 Å². The van der Waals surface area contributed by atoms with Crippen molar-refractivity contribution in [1.82, 2.24) is 9.78 Å². The quantitative estimate of drug-likeness (QED) is 0.448. The molecule has 0 aliphatic carbocycles. The molecule has 0 unspecified atom stereocenters. The summed E-state index contributed by atoms with van der Waals surface area (Å²) in [6.45, 7) is 2.49. The number of aryl methyl sites for hydroxylation is 1. The molecule has 0 saturated carbocycles. The van der Waals surface area contributed by atoms with Gasteiger partial charge in [0.1, 0.15) is 30.4 Å². The number of nitro groups is 1. The number of ether oxygens (including phenoxy) is 1. The summed E-state index contributed by atoms with van der Waals surface area (Å²) in [6, 6.07) is 4.41. The van der Waals surface area contributed by atoms with Gasteiger partial charge < -0.3 is 4.74 Å². The number of halogens is 2. The number of carbonyl (C=O) groups excluding carboxylic acids is 1. The first kappa shape index (κ1) is 17.1. The smallest absolute Gasteiger partial charge is 0.328 e. The average Bonchev–Trinajstić information content (AvgIpc) is 2.72. The van der Waals surface area contributed by atoms with E-state index in [9.17, 15) is 19.3 Å². The van der Waals surface area contributed by atoms with E-state index in [0.29, 0.717) is 4.47 Å². The van der Waals surface area contributed by atoms with Crippen LogP contribution >= 0.6 is 15.9 Å². The van der Waals surface area contributed by atoms with Gasteiger partial charge in [-0.25, -0.2) is 4.39 Å². The summed E-state index contributed by atoms with van der Waals surface area (Å²) in [5.41, 5.74) is 0.594. The van der Waals surface area contributed by atoms with Crippen LogP contribution in [0.15, 0.2) is 22.7 Å². The Hall–Kier alpha value is -2.29. The third-order valence-electron chi connectivity index (χ3n) is 3.21. The molecule has 2 aromatic rings. The molecular formula is C14H13BrFN3O4. The summed E-state index contributed by atoms with van der Waals surface area (Å²) in [4.78, 5) is 22.2. The van der Waals surface area contributed by atoms with Crippen LogP contribution in [0.25, 0.3) is 0 Å². The molecule has 0 amide bonds. The highest BCUT2D eigenvalue weighted by Crippen LogP contribution is 2.22. The normalized spacial score (nSPS) is 10.6. The van der Waals surface area contributed by atoms with Gasteiger partial charge in [0, 0.05) is 10.0 Å². The fourth-order valence-corrected chi connectivity index (χ4v) is 2.40. The van der Waals surface area contributed by atoms with Crippen molar-refractivity contribution in [2.75, 3.05) is 0 Å². The molecule has 1 aromatic heterocycles. The standard InChI is InChI=1S/C14H13BrFN3O4/c1-8-14(19(21)22)9(2)18(17-8)6-13(20)23-7-10-3-4-11(15)5-12(10)16/h3-5H,6-7H2,1-2H3. The lowest BCUT2D eigenvalue weighted by Crippen LogP contribution is -2.16. The summed E-state index contributed by atoms with van der Waals surface area (Å²) in [5.74, 6) is -1.15. The Bertz CT molecular complexity index is 776. The fraction of sp³-hybridized carbons (Fsp3) is 0.286. The molecule has 0 aliphatic heterocycles. The first-order chi connectivity index (χ1) is 10.8. The average molecular weight is 386 g/mol. The van der Waals surface area contributed by atoms with Gasteiger partial charge in [0.2, 0.25) is 0 Å². The minimum Gasteiger partial charge on any atom is -0.459 e. The summed E-state index contributed by atoms with van der Waals surface area (Å²) in [7, 11) is 0. The van der Waals surface area contributed by atoms with Crippen molar-refractivity contribution in [3.05, 3.63) is 55.6 Å². The Morgan fingerprint density at radius 1 is 1.48 bits per heavy atom. The molecule has 0 radical (unpaired) electrons. The number of aromatic nitrogens is 2. The maximum atomic E-state index is 13.6. The predicted molar refractivity (Wildman–Crippen MR) is 82.3 cm³/mol. The Balaban J connectivity index is 2.03. The van der Waals surface area contributed by atoms with Gasteiger partial charge in [0.25, 0.3) is 0 Å². The molecular weight excluding hydrogens is 373 g/mol. The number of hydrogen-bond acceptors (Lipinski definition) is 5. The van der Waals surface area contributed by atoms with Crippen molar-refractivity contribution in [1.29, 1.82) is 0 Å². The Kier molecular flexibility index (Phi) is 5.09. The molecule has 23 heavy (non-hydrogen) atoms. The molecule has 0 spiro atoms. The van der Waals surface area contributed by atoms with E-state index in [1.165, 1.54) is 30.7 Å². The largest absolute Gasteiger partial charge is 0.459 e. The van der Waals surface area contributed by atoms with E-state index in [2.05, 4.69) is 21.0 Å². The van der Waals surface area contributed by atoms with Crippen LogP contribution in [0.2, 0.25) is 0 Å². The second-order valence-corrected chi connectivity index (χ2v) is 5.75. The number of rotatable bonds is 5. The zero-order valence-electron chi connectivity index (χ0n) is 12.4. The van der Waals surface area contributed by atoms with E-state index < -0.39 is 16.7 Å². The molecule has 0 atom stereocenters. The first-order valence-corrected chi connectivity index (χ1v) is 7.37. The molecule has 122 valence electrons. The second kappa shape index (κ2) is 6.86. The molecule has 1 heterocycles. The zero-order chi connectivity index (χ0) is 17.1. The lowest BCUT2D eigenvalue weighted by atomic mass is 10.2. The Labute approximate surface area is 139 Å². The highest BCUT2D eigenvalue weighted by Gasteiger charge is 2.23. The third kappa shape index (κ3) is 3.92. The highest BCUT2D eigenvalue weighted by molar-refractivity contribution is 9.10. The minimum atomic E-state index is -0.659. The molecule has 1 aromatic carbocycles. The van der Waals surface area contributed by atoms with Crippen molar-refractivity contribution < 1.29 is 18.8 Å². The molecule has 0 saturated heterocycles. The molecule has 7 nitrogen and oxygen atoms in total. The zero-order valence-corrected chi connectivity index (χ0v) is 14.0. The topological polar surface area (TPSA) is 87.3 Å². The predicted octanol–water partition coefficient (Wildman–Crippen LogP) is 3.05. The van der Waals surface area contributed by atoms with Crippen LogP contribution in [-0.4, -0.2) is 20.7 Å². The lowest BCUT2D eigenvalue weighted by Gasteiger charge is -2.07. The van der Waals surface area contributed by atoms with Gasteiger partial charge in [-0.1, -0.05) is 22.0 Å². The van der Waals surface area contributed by atoms with E-state index in [4.69, 9.17) is 4.74 Å². The van der Waals surface area contributed by atoms with Crippen LogP contribution in [0.5, 0.6) is 0 Å². The Morgan fingerprint density at radius 3 is 2.74 bits per heavy atom. The molecule has 0 aliphatic rings. The Morgan fingerprint density at radius 2 is 2.17 bits per heavy atom. The fourth-order valence-electron chi connectivity index (χ4n) is 2.07. The van der Waals surface area contributed by atoms with Crippen LogP contribution in [0.4, 0.5) is 10.1 Å². The summed E-state index contributed by atoms with van der Waals surface area (Å²) in [5, 5.41) is 14.9. The highest BCUT2D eigenvalue weighted by atomic mass is 79.9. The van der Waals surface area contributed by atoms with Crippen LogP contribution in [0, 0.1) is 29.8 Å². The summed E-state index contributed by atoms with van der Waals surface area (Å²) < 4.78 is 20.4. The van der Waals surface area contributed by atoms with Crippen molar-refractivity contribution in [2.24, 2.45) is 0 Å². The van der Waals surface area contributed by atoms with Gasteiger partial charge in [0.05, 0.1) is 4.92 Å². The van der Waals surface area contributed by atoms with E-state index in [0.717, 1.165) is 0 Å². The summed E-state index contributed by atoms with van der Waals surface area (Å²) >= 11 is 3.13. The third-order valence-corrected chi connectivity index (χ3v) is 3.70. The molecule has 0 fully saturated rings. The van der Waals surface area contributed by atoms with Crippen molar-refractivity contribution in [3.8, 4) is 0 Å². The molecule has 9 heteroatoms. The SMILES string of the molecule is Cc1nn(CC(=O)OCc2ccc(Br)cc2F)c(C)c1[N+](=O)[O-]. The lowest BCUT2D eigenvalue weighted by molar-refractivity contribution is -0.386. The maximum Gasteiger partial charge on any atom is 0.328 e. The van der Waals surface area contributed by atoms with Crippen molar-refractivity contribution >= 4 is 27.6 Å². The second-order valence-electron chi connectivity index (χ2n) is 4.83. The first-order valence-electron chi connectivity index (χ1n) is 6.57. The van der Waals surface area contributed by atoms with Crippen LogP contribution in [0.1, 0.15) is 17.0 Å². The number of carbonyl (C=O) groups is 1. The van der Waals surface area contributed by atoms with Crippen LogP contribution < -0.4 is 0 Å². The van der Waals surface area contributed by atoms with Gasteiger partial charge in [-0.3, -0.25) is 19.6 Å².